The van der Waals surface area contributed by atoms with Crippen molar-refractivity contribution in [2.75, 3.05) is 11.9 Å². The number of rotatable bonds is 4. The second-order valence-corrected chi connectivity index (χ2v) is 6.21. The molecule has 1 aromatic rings. The molecule has 1 atom stereocenters. The molecule has 1 amide bonds. The van der Waals surface area contributed by atoms with Crippen molar-refractivity contribution < 1.29 is 9.53 Å². The smallest absolute Gasteiger partial charge is 0.241 e. The van der Waals surface area contributed by atoms with Crippen molar-refractivity contribution in [3.63, 3.8) is 0 Å². The molecule has 0 aromatic heterocycles. The second-order valence-electron chi connectivity index (χ2n) is 5.81. The summed E-state index contributed by atoms with van der Waals surface area (Å²) in [6.07, 6.45) is 6.88. The van der Waals surface area contributed by atoms with Crippen molar-refractivity contribution in [3.05, 3.63) is 23.2 Å². The second kappa shape index (κ2) is 8.04. The van der Waals surface area contributed by atoms with Crippen LogP contribution in [0.4, 0.5) is 5.69 Å². The number of ether oxygens (including phenoxy) is 1. The third kappa shape index (κ3) is 4.28. The molecule has 2 N–H and O–H groups in total. The minimum atomic E-state index is -0.0850. The SMILES string of the molecule is Cl.O=C(Nc1ccc(OC2CCCC2)c(Cl)c1)C1CCCN1. The maximum absolute atomic E-state index is 12.0. The van der Waals surface area contributed by atoms with Gasteiger partial charge in [-0.2, -0.15) is 0 Å². The number of halogens is 2. The largest absolute Gasteiger partial charge is 0.489 e. The minimum Gasteiger partial charge on any atom is -0.489 e. The number of nitrogens with one attached hydrogen (secondary N) is 2. The van der Waals surface area contributed by atoms with Crippen LogP contribution in [0.3, 0.4) is 0 Å². The molecule has 2 fully saturated rings. The number of carbonyl (C=O) groups excluding carboxylic acids is 1. The van der Waals surface area contributed by atoms with E-state index >= 15 is 0 Å². The number of hydrogen-bond acceptors (Lipinski definition) is 3. The Morgan fingerprint density at radius 2 is 2.00 bits per heavy atom. The van der Waals surface area contributed by atoms with Crippen molar-refractivity contribution in [3.8, 4) is 5.75 Å². The summed E-state index contributed by atoms with van der Waals surface area (Å²) in [6, 6.07) is 5.37. The summed E-state index contributed by atoms with van der Waals surface area (Å²) in [4.78, 5) is 12.0. The maximum atomic E-state index is 12.0. The molecule has 0 bridgehead atoms. The van der Waals surface area contributed by atoms with E-state index in [0.29, 0.717) is 10.8 Å². The molecule has 1 saturated carbocycles. The Labute approximate surface area is 142 Å². The zero-order valence-electron chi connectivity index (χ0n) is 12.4. The van der Waals surface area contributed by atoms with E-state index in [1.165, 1.54) is 12.8 Å². The van der Waals surface area contributed by atoms with Gasteiger partial charge in [0.05, 0.1) is 17.2 Å². The van der Waals surface area contributed by atoms with Crippen molar-refractivity contribution in [2.24, 2.45) is 0 Å². The molecular weight excluding hydrogens is 323 g/mol. The van der Waals surface area contributed by atoms with Gasteiger partial charge in [0.2, 0.25) is 5.91 Å². The standard InChI is InChI=1S/C16H21ClN2O2.ClH/c17-13-10-11(19-16(20)14-6-3-9-18-14)7-8-15(13)21-12-4-1-2-5-12;/h7-8,10,12,14,18H,1-6,9H2,(H,19,20);1H. The molecule has 1 saturated heterocycles. The van der Waals surface area contributed by atoms with Crippen LogP contribution in [0.15, 0.2) is 18.2 Å². The Kier molecular flexibility index (Phi) is 6.36. The lowest BCUT2D eigenvalue weighted by Gasteiger charge is -2.16. The quantitative estimate of drug-likeness (QED) is 0.873. The van der Waals surface area contributed by atoms with Gasteiger partial charge >= 0.3 is 0 Å². The van der Waals surface area contributed by atoms with Gasteiger partial charge in [0, 0.05) is 5.69 Å². The average molecular weight is 345 g/mol. The number of hydrogen-bond donors (Lipinski definition) is 2. The lowest BCUT2D eigenvalue weighted by molar-refractivity contribution is -0.117. The predicted molar refractivity (Wildman–Crippen MR) is 91.2 cm³/mol. The third-order valence-electron chi connectivity index (χ3n) is 4.17. The fourth-order valence-electron chi connectivity index (χ4n) is 3.00. The van der Waals surface area contributed by atoms with E-state index in [2.05, 4.69) is 10.6 Å². The molecule has 2 aliphatic rings. The summed E-state index contributed by atoms with van der Waals surface area (Å²) in [5, 5.41) is 6.64. The van der Waals surface area contributed by atoms with Gasteiger partial charge in [0.15, 0.2) is 0 Å². The molecule has 1 aliphatic carbocycles. The summed E-state index contributed by atoms with van der Waals surface area (Å²) in [6.45, 7) is 0.910. The molecule has 0 radical (unpaired) electrons. The molecule has 1 unspecified atom stereocenters. The number of carbonyl (C=O) groups is 1. The normalized spacial score (nSPS) is 21.4. The molecule has 1 heterocycles. The summed E-state index contributed by atoms with van der Waals surface area (Å²) in [7, 11) is 0. The topological polar surface area (TPSA) is 50.4 Å². The highest BCUT2D eigenvalue weighted by Gasteiger charge is 2.22. The third-order valence-corrected chi connectivity index (χ3v) is 4.47. The summed E-state index contributed by atoms with van der Waals surface area (Å²) in [5.41, 5.74) is 0.720. The van der Waals surface area contributed by atoms with E-state index in [9.17, 15) is 4.79 Å². The molecule has 122 valence electrons. The van der Waals surface area contributed by atoms with E-state index in [-0.39, 0.29) is 30.5 Å². The van der Waals surface area contributed by atoms with Crippen LogP contribution in [-0.4, -0.2) is 24.6 Å². The fourth-order valence-corrected chi connectivity index (χ4v) is 3.22. The van der Waals surface area contributed by atoms with Crippen molar-refractivity contribution in [2.45, 2.75) is 50.7 Å². The van der Waals surface area contributed by atoms with Gasteiger partial charge in [-0.25, -0.2) is 0 Å². The van der Waals surface area contributed by atoms with Gasteiger partial charge in [-0.3, -0.25) is 4.79 Å². The lowest BCUT2D eigenvalue weighted by Crippen LogP contribution is -2.35. The monoisotopic (exact) mass is 344 g/mol. The van der Waals surface area contributed by atoms with Crippen LogP contribution >= 0.6 is 24.0 Å². The first kappa shape index (κ1) is 17.4. The van der Waals surface area contributed by atoms with E-state index in [4.69, 9.17) is 16.3 Å². The molecule has 3 rings (SSSR count). The maximum Gasteiger partial charge on any atom is 0.241 e. The zero-order valence-corrected chi connectivity index (χ0v) is 14.0. The van der Waals surface area contributed by atoms with Gasteiger partial charge in [-0.05, 0) is 63.3 Å². The highest BCUT2D eigenvalue weighted by atomic mass is 35.5. The molecule has 1 aliphatic heterocycles. The molecule has 1 aromatic carbocycles. The number of benzene rings is 1. The zero-order chi connectivity index (χ0) is 14.7. The lowest BCUT2D eigenvalue weighted by atomic mass is 10.2. The van der Waals surface area contributed by atoms with Gasteiger partial charge in [-0.1, -0.05) is 11.6 Å². The van der Waals surface area contributed by atoms with Crippen molar-refractivity contribution >= 4 is 35.6 Å². The minimum absolute atomic E-state index is 0. The van der Waals surface area contributed by atoms with E-state index < -0.39 is 0 Å². The molecule has 22 heavy (non-hydrogen) atoms. The first-order chi connectivity index (χ1) is 10.2. The van der Waals surface area contributed by atoms with Gasteiger partial charge in [-0.15, -0.1) is 12.4 Å². The van der Waals surface area contributed by atoms with E-state index in [0.717, 1.165) is 37.9 Å². The highest BCUT2D eigenvalue weighted by molar-refractivity contribution is 6.32. The first-order valence-corrected chi connectivity index (χ1v) is 8.10. The Morgan fingerprint density at radius 1 is 1.23 bits per heavy atom. The molecule has 0 spiro atoms. The summed E-state index contributed by atoms with van der Waals surface area (Å²) < 4.78 is 5.91. The molecule has 4 nitrogen and oxygen atoms in total. The van der Waals surface area contributed by atoms with Crippen LogP contribution in [0.25, 0.3) is 0 Å². The van der Waals surface area contributed by atoms with Gasteiger partial charge in [0.1, 0.15) is 5.75 Å². The summed E-state index contributed by atoms with van der Waals surface area (Å²) in [5.74, 6) is 0.716. The van der Waals surface area contributed by atoms with E-state index in [1.54, 1.807) is 6.07 Å². The molecule has 6 heteroatoms. The fraction of sp³-hybridized carbons (Fsp3) is 0.562. The van der Waals surface area contributed by atoms with Crippen LogP contribution in [0, 0.1) is 0 Å². The summed E-state index contributed by atoms with van der Waals surface area (Å²) >= 11 is 6.26. The van der Waals surface area contributed by atoms with Crippen molar-refractivity contribution in [1.29, 1.82) is 0 Å². The van der Waals surface area contributed by atoms with Crippen LogP contribution < -0.4 is 15.4 Å². The van der Waals surface area contributed by atoms with Crippen LogP contribution in [0.2, 0.25) is 5.02 Å². The van der Waals surface area contributed by atoms with Crippen LogP contribution in [0.1, 0.15) is 38.5 Å². The number of amides is 1. The Hall–Kier alpha value is -0.970. The number of anilines is 1. The highest BCUT2D eigenvalue weighted by Crippen LogP contribution is 2.31. The molecular formula is C16H22Cl2N2O2. The van der Waals surface area contributed by atoms with E-state index in [1.807, 2.05) is 12.1 Å². The Bertz CT molecular complexity index is 513. The van der Waals surface area contributed by atoms with Crippen molar-refractivity contribution in [1.82, 2.24) is 5.32 Å². The predicted octanol–water partition coefficient (Wildman–Crippen LogP) is 3.77. The Morgan fingerprint density at radius 3 is 2.64 bits per heavy atom. The van der Waals surface area contributed by atoms with Gasteiger partial charge in [0.25, 0.3) is 0 Å². The van der Waals surface area contributed by atoms with Crippen LogP contribution in [0.5, 0.6) is 5.75 Å². The Balaban J connectivity index is 0.00000176. The van der Waals surface area contributed by atoms with Gasteiger partial charge < -0.3 is 15.4 Å². The first-order valence-electron chi connectivity index (χ1n) is 7.73. The average Bonchev–Trinajstić information content (AvgIpc) is 3.14. The van der Waals surface area contributed by atoms with Crippen LogP contribution in [-0.2, 0) is 4.79 Å².